The molecule has 1 aromatic carbocycles. The standard InChI is InChI=1S/C13H14ClN3O2S/c1-19-8-2-3-9(10(14)6-8)11-7-12(18)16-13(20)17(11)5-4-15/h2-3,6-7H,4-5,15H2,1H3,(H,16,18,20). The zero-order valence-corrected chi connectivity index (χ0v) is 12.4. The number of aromatic nitrogens is 2. The van der Waals surface area contributed by atoms with Crippen molar-refractivity contribution in [3.8, 4) is 17.0 Å². The van der Waals surface area contributed by atoms with E-state index in [-0.39, 0.29) is 5.56 Å². The molecule has 0 aliphatic rings. The molecule has 1 heterocycles. The summed E-state index contributed by atoms with van der Waals surface area (Å²) in [5, 5.41) is 0.482. The molecular formula is C13H14ClN3O2S. The summed E-state index contributed by atoms with van der Waals surface area (Å²) in [6.07, 6.45) is 0. The van der Waals surface area contributed by atoms with E-state index < -0.39 is 0 Å². The highest BCUT2D eigenvalue weighted by atomic mass is 35.5. The van der Waals surface area contributed by atoms with Gasteiger partial charge in [-0.1, -0.05) is 11.6 Å². The molecule has 0 bridgehead atoms. The van der Waals surface area contributed by atoms with Gasteiger partial charge >= 0.3 is 0 Å². The first-order chi connectivity index (χ1) is 9.56. The number of rotatable bonds is 4. The lowest BCUT2D eigenvalue weighted by Gasteiger charge is -2.14. The molecular weight excluding hydrogens is 298 g/mol. The normalized spacial score (nSPS) is 10.6. The van der Waals surface area contributed by atoms with Crippen molar-refractivity contribution >= 4 is 23.8 Å². The van der Waals surface area contributed by atoms with E-state index >= 15 is 0 Å². The van der Waals surface area contributed by atoms with E-state index in [4.69, 9.17) is 34.3 Å². The number of nitrogens with zero attached hydrogens (tertiary/aromatic N) is 1. The zero-order valence-electron chi connectivity index (χ0n) is 10.9. The minimum atomic E-state index is -0.273. The van der Waals surface area contributed by atoms with E-state index in [1.54, 1.807) is 29.9 Å². The van der Waals surface area contributed by atoms with Crippen LogP contribution in [0, 0.1) is 4.77 Å². The van der Waals surface area contributed by atoms with Crippen molar-refractivity contribution in [1.29, 1.82) is 0 Å². The maximum Gasteiger partial charge on any atom is 0.252 e. The second-order valence-electron chi connectivity index (χ2n) is 4.11. The van der Waals surface area contributed by atoms with E-state index in [2.05, 4.69) is 4.98 Å². The number of nitrogens with two attached hydrogens (primary N) is 1. The average molecular weight is 312 g/mol. The molecule has 0 fully saturated rings. The number of methoxy groups -OCH3 is 1. The Bertz CT molecular complexity index is 739. The lowest BCUT2D eigenvalue weighted by molar-refractivity contribution is 0.415. The van der Waals surface area contributed by atoms with Crippen LogP contribution in [0.4, 0.5) is 0 Å². The van der Waals surface area contributed by atoms with Gasteiger partial charge in [0.15, 0.2) is 4.77 Å². The predicted octanol–water partition coefficient (Wildman–Crippen LogP) is 2.19. The predicted molar refractivity (Wildman–Crippen MR) is 81.9 cm³/mol. The zero-order chi connectivity index (χ0) is 14.7. The molecule has 0 amide bonds. The van der Waals surface area contributed by atoms with Gasteiger partial charge in [0.2, 0.25) is 0 Å². The monoisotopic (exact) mass is 311 g/mol. The number of halogens is 1. The molecule has 0 spiro atoms. The number of ether oxygens (including phenoxy) is 1. The van der Waals surface area contributed by atoms with Crippen molar-refractivity contribution in [3.05, 3.63) is 44.4 Å². The molecule has 0 atom stereocenters. The van der Waals surface area contributed by atoms with E-state index in [9.17, 15) is 4.79 Å². The lowest BCUT2D eigenvalue weighted by atomic mass is 10.1. The smallest absolute Gasteiger partial charge is 0.252 e. The molecule has 0 saturated carbocycles. The first-order valence-corrected chi connectivity index (χ1v) is 6.73. The Morgan fingerprint density at radius 1 is 1.45 bits per heavy atom. The van der Waals surface area contributed by atoms with Gasteiger partial charge in [0, 0.05) is 24.7 Å². The molecule has 0 aliphatic heterocycles. The summed E-state index contributed by atoms with van der Waals surface area (Å²) in [4.78, 5) is 14.2. The summed E-state index contributed by atoms with van der Waals surface area (Å²) in [7, 11) is 1.56. The molecule has 0 radical (unpaired) electrons. The molecule has 20 heavy (non-hydrogen) atoms. The second-order valence-corrected chi connectivity index (χ2v) is 4.90. The van der Waals surface area contributed by atoms with Crippen LogP contribution in [0.15, 0.2) is 29.1 Å². The first kappa shape index (κ1) is 14.8. The Balaban J connectivity index is 2.68. The van der Waals surface area contributed by atoms with Crippen LogP contribution in [0.3, 0.4) is 0 Å². The Labute approximate surface area is 126 Å². The Morgan fingerprint density at radius 3 is 2.80 bits per heavy atom. The van der Waals surface area contributed by atoms with Crippen LogP contribution in [0.2, 0.25) is 5.02 Å². The number of aromatic amines is 1. The Hall–Kier alpha value is -1.63. The minimum Gasteiger partial charge on any atom is -0.497 e. The summed E-state index contributed by atoms with van der Waals surface area (Å²) < 4.78 is 7.19. The lowest BCUT2D eigenvalue weighted by Crippen LogP contribution is -2.18. The number of hydrogen-bond acceptors (Lipinski definition) is 4. The highest BCUT2D eigenvalue weighted by molar-refractivity contribution is 7.71. The van der Waals surface area contributed by atoms with Crippen molar-refractivity contribution in [1.82, 2.24) is 9.55 Å². The molecule has 2 aromatic rings. The van der Waals surface area contributed by atoms with Gasteiger partial charge in [0.05, 0.1) is 17.8 Å². The van der Waals surface area contributed by atoms with Gasteiger partial charge in [-0.05, 0) is 30.4 Å². The van der Waals surface area contributed by atoms with Gasteiger partial charge in [0.25, 0.3) is 5.56 Å². The minimum absolute atomic E-state index is 0.273. The fourth-order valence-electron chi connectivity index (χ4n) is 1.93. The SMILES string of the molecule is COc1ccc(-c2cc(=O)[nH]c(=S)n2CCN)c(Cl)c1. The van der Waals surface area contributed by atoms with Crippen LogP contribution in [0.1, 0.15) is 0 Å². The van der Waals surface area contributed by atoms with E-state index in [1.165, 1.54) is 6.07 Å². The van der Waals surface area contributed by atoms with Crippen molar-refractivity contribution in [2.24, 2.45) is 5.73 Å². The van der Waals surface area contributed by atoms with Crippen LogP contribution < -0.4 is 16.0 Å². The Kier molecular flexibility index (Phi) is 4.59. The van der Waals surface area contributed by atoms with Crippen LogP contribution in [0.25, 0.3) is 11.3 Å². The Morgan fingerprint density at radius 2 is 2.20 bits per heavy atom. The summed E-state index contributed by atoms with van der Waals surface area (Å²) in [5.74, 6) is 0.646. The summed E-state index contributed by atoms with van der Waals surface area (Å²) in [6, 6.07) is 6.71. The molecule has 1 aromatic heterocycles. The molecule has 5 nitrogen and oxygen atoms in total. The average Bonchev–Trinajstić information content (AvgIpc) is 2.41. The van der Waals surface area contributed by atoms with Crippen molar-refractivity contribution in [3.63, 3.8) is 0 Å². The first-order valence-electron chi connectivity index (χ1n) is 5.95. The molecule has 3 N–H and O–H groups in total. The second kappa shape index (κ2) is 6.21. The van der Waals surface area contributed by atoms with E-state index in [1.807, 2.05) is 0 Å². The van der Waals surface area contributed by atoms with E-state index in [0.29, 0.717) is 39.9 Å². The number of benzene rings is 1. The van der Waals surface area contributed by atoms with Gasteiger partial charge < -0.3 is 15.0 Å². The van der Waals surface area contributed by atoms with Crippen LogP contribution >= 0.6 is 23.8 Å². The third kappa shape index (κ3) is 2.92. The molecule has 106 valence electrons. The number of nitrogens with one attached hydrogen (secondary N) is 1. The maximum absolute atomic E-state index is 11.6. The quantitative estimate of drug-likeness (QED) is 0.849. The number of hydrogen-bond donors (Lipinski definition) is 2. The summed E-state index contributed by atoms with van der Waals surface area (Å²) in [5.41, 5.74) is 6.66. The highest BCUT2D eigenvalue weighted by Gasteiger charge is 2.10. The topological polar surface area (TPSA) is 73.0 Å². The number of H-pyrrole nitrogens is 1. The molecule has 0 aliphatic carbocycles. The van der Waals surface area contributed by atoms with Gasteiger partial charge in [0.1, 0.15) is 5.75 Å². The summed E-state index contributed by atoms with van der Waals surface area (Å²) in [6.45, 7) is 0.897. The van der Waals surface area contributed by atoms with E-state index in [0.717, 1.165) is 0 Å². The fourth-order valence-corrected chi connectivity index (χ4v) is 2.48. The van der Waals surface area contributed by atoms with Crippen molar-refractivity contribution < 1.29 is 4.74 Å². The fraction of sp³-hybridized carbons (Fsp3) is 0.231. The van der Waals surface area contributed by atoms with Gasteiger partial charge in [-0.15, -0.1) is 0 Å². The van der Waals surface area contributed by atoms with Crippen LogP contribution in [-0.4, -0.2) is 23.2 Å². The van der Waals surface area contributed by atoms with Crippen LogP contribution in [-0.2, 0) is 6.54 Å². The third-order valence-electron chi connectivity index (χ3n) is 2.84. The highest BCUT2D eigenvalue weighted by Crippen LogP contribution is 2.30. The third-order valence-corrected chi connectivity index (χ3v) is 3.47. The molecule has 0 saturated heterocycles. The molecule has 0 unspecified atom stereocenters. The van der Waals surface area contributed by atoms with Gasteiger partial charge in [-0.2, -0.15) is 0 Å². The molecule has 7 heteroatoms. The largest absolute Gasteiger partial charge is 0.497 e. The van der Waals surface area contributed by atoms with Crippen molar-refractivity contribution in [2.75, 3.05) is 13.7 Å². The van der Waals surface area contributed by atoms with Gasteiger partial charge in [-0.25, -0.2) is 0 Å². The maximum atomic E-state index is 11.6. The van der Waals surface area contributed by atoms with Crippen LogP contribution in [0.5, 0.6) is 5.75 Å². The van der Waals surface area contributed by atoms with Crippen molar-refractivity contribution in [2.45, 2.75) is 6.54 Å². The van der Waals surface area contributed by atoms with Gasteiger partial charge in [-0.3, -0.25) is 9.78 Å². The summed E-state index contributed by atoms with van der Waals surface area (Å²) >= 11 is 11.4. The molecule has 2 rings (SSSR count).